The second-order valence-electron chi connectivity index (χ2n) is 4.27. The van der Waals surface area contributed by atoms with E-state index in [1.807, 2.05) is 22.9 Å². The number of nitrogens with one attached hydrogen (secondary N) is 1. The first-order valence-electron chi connectivity index (χ1n) is 5.57. The highest BCUT2D eigenvalue weighted by atomic mass is 16.5. The maximum atomic E-state index is 11.8. The van der Waals surface area contributed by atoms with Gasteiger partial charge in [0.05, 0.1) is 12.1 Å². The first kappa shape index (κ1) is 9.66. The van der Waals surface area contributed by atoms with Crippen LogP contribution in [0.15, 0.2) is 29.3 Å². The van der Waals surface area contributed by atoms with E-state index in [0.29, 0.717) is 0 Å². The van der Waals surface area contributed by atoms with Crippen LogP contribution in [-0.4, -0.2) is 22.3 Å². The number of nitrogens with zero attached hydrogens (tertiary/aromatic N) is 1. The number of aromatic amines is 1. The number of hydrogen-bond donors (Lipinski definition) is 1. The molecule has 2 atom stereocenters. The molecule has 2 aromatic heterocycles. The predicted molar refractivity (Wildman–Crippen MR) is 61.6 cm³/mol. The molecular weight excluding hydrogens is 204 g/mol. The van der Waals surface area contributed by atoms with E-state index in [0.717, 1.165) is 23.9 Å². The van der Waals surface area contributed by atoms with Crippen molar-refractivity contribution in [3.05, 3.63) is 34.9 Å². The summed E-state index contributed by atoms with van der Waals surface area (Å²) < 4.78 is 7.59. The Labute approximate surface area is 92.8 Å². The number of H-pyrrole nitrogens is 1. The van der Waals surface area contributed by atoms with Gasteiger partial charge in [0.1, 0.15) is 5.52 Å². The molecule has 3 rings (SSSR count). The van der Waals surface area contributed by atoms with Crippen LogP contribution in [0, 0.1) is 0 Å². The van der Waals surface area contributed by atoms with Crippen molar-refractivity contribution in [1.82, 2.24) is 9.55 Å². The Hall–Kier alpha value is -1.55. The Morgan fingerprint density at radius 2 is 2.38 bits per heavy atom. The van der Waals surface area contributed by atoms with Crippen LogP contribution in [0.4, 0.5) is 0 Å². The SMILES string of the molecule is CC1OCCC1n1ccc2cc[nH]c(=O)c21. The topological polar surface area (TPSA) is 47.0 Å². The van der Waals surface area contributed by atoms with E-state index in [1.54, 1.807) is 6.20 Å². The summed E-state index contributed by atoms with van der Waals surface area (Å²) in [5.74, 6) is 0. The highest BCUT2D eigenvalue weighted by molar-refractivity contribution is 5.78. The van der Waals surface area contributed by atoms with Crippen molar-refractivity contribution in [2.75, 3.05) is 6.61 Å². The molecule has 4 nitrogen and oxygen atoms in total. The molecule has 1 saturated heterocycles. The number of ether oxygens (including phenoxy) is 1. The van der Waals surface area contributed by atoms with Crippen LogP contribution in [-0.2, 0) is 4.74 Å². The van der Waals surface area contributed by atoms with Crippen molar-refractivity contribution in [2.24, 2.45) is 0 Å². The van der Waals surface area contributed by atoms with Gasteiger partial charge in [-0.05, 0) is 25.5 Å². The quantitative estimate of drug-likeness (QED) is 0.791. The number of fused-ring (bicyclic) bond motifs is 1. The molecule has 0 amide bonds. The average Bonchev–Trinajstić information content (AvgIpc) is 2.84. The van der Waals surface area contributed by atoms with Gasteiger partial charge < -0.3 is 14.3 Å². The molecule has 16 heavy (non-hydrogen) atoms. The second-order valence-corrected chi connectivity index (χ2v) is 4.27. The molecule has 1 fully saturated rings. The summed E-state index contributed by atoms with van der Waals surface area (Å²) in [5.41, 5.74) is 0.728. The van der Waals surface area contributed by atoms with Crippen molar-refractivity contribution in [2.45, 2.75) is 25.5 Å². The summed E-state index contributed by atoms with van der Waals surface area (Å²) in [4.78, 5) is 14.5. The van der Waals surface area contributed by atoms with Crippen LogP contribution >= 0.6 is 0 Å². The Morgan fingerprint density at radius 3 is 3.12 bits per heavy atom. The van der Waals surface area contributed by atoms with E-state index in [4.69, 9.17) is 4.74 Å². The van der Waals surface area contributed by atoms with Crippen LogP contribution in [0.25, 0.3) is 10.9 Å². The molecule has 84 valence electrons. The summed E-state index contributed by atoms with van der Waals surface area (Å²) in [7, 11) is 0. The average molecular weight is 218 g/mol. The zero-order valence-electron chi connectivity index (χ0n) is 9.14. The molecule has 1 aliphatic heterocycles. The normalized spacial score (nSPS) is 25.3. The lowest BCUT2D eigenvalue weighted by Crippen LogP contribution is -2.19. The van der Waals surface area contributed by atoms with Crippen molar-refractivity contribution in [3.8, 4) is 0 Å². The number of hydrogen-bond acceptors (Lipinski definition) is 2. The maximum absolute atomic E-state index is 11.8. The number of rotatable bonds is 1. The fourth-order valence-electron chi connectivity index (χ4n) is 2.48. The minimum atomic E-state index is -0.0263. The molecule has 2 aromatic rings. The van der Waals surface area contributed by atoms with Gasteiger partial charge in [0.15, 0.2) is 0 Å². The first-order valence-corrected chi connectivity index (χ1v) is 5.57. The minimum Gasteiger partial charge on any atom is -0.376 e. The molecule has 0 saturated carbocycles. The van der Waals surface area contributed by atoms with Crippen LogP contribution in [0.1, 0.15) is 19.4 Å². The van der Waals surface area contributed by atoms with Crippen LogP contribution in [0.2, 0.25) is 0 Å². The lowest BCUT2D eigenvalue weighted by Gasteiger charge is -2.16. The molecule has 0 radical (unpaired) electrons. The lowest BCUT2D eigenvalue weighted by atomic mass is 10.1. The predicted octanol–water partition coefficient (Wildman–Crippen LogP) is 1.68. The van der Waals surface area contributed by atoms with Gasteiger partial charge in [0.25, 0.3) is 5.56 Å². The molecule has 0 bridgehead atoms. The number of pyridine rings is 1. The maximum Gasteiger partial charge on any atom is 0.272 e. The largest absolute Gasteiger partial charge is 0.376 e. The third-order valence-corrected chi connectivity index (χ3v) is 3.33. The van der Waals surface area contributed by atoms with E-state index >= 15 is 0 Å². The number of aromatic nitrogens is 2. The fourth-order valence-corrected chi connectivity index (χ4v) is 2.48. The van der Waals surface area contributed by atoms with E-state index < -0.39 is 0 Å². The highest BCUT2D eigenvalue weighted by Crippen LogP contribution is 2.28. The zero-order chi connectivity index (χ0) is 11.1. The van der Waals surface area contributed by atoms with Gasteiger partial charge >= 0.3 is 0 Å². The Bertz CT molecular complexity index is 570. The molecule has 0 aromatic carbocycles. The summed E-state index contributed by atoms with van der Waals surface area (Å²) in [5, 5.41) is 0.989. The highest BCUT2D eigenvalue weighted by Gasteiger charge is 2.26. The summed E-state index contributed by atoms with van der Waals surface area (Å²) in [6, 6.07) is 4.18. The Morgan fingerprint density at radius 1 is 1.50 bits per heavy atom. The van der Waals surface area contributed by atoms with Gasteiger partial charge in [-0.2, -0.15) is 0 Å². The van der Waals surface area contributed by atoms with Gasteiger partial charge in [-0.25, -0.2) is 0 Å². The van der Waals surface area contributed by atoms with Gasteiger partial charge in [0.2, 0.25) is 0 Å². The van der Waals surface area contributed by atoms with Gasteiger partial charge in [-0.3, -0.25) is 4.79 Å². The fraction of sp³-hybridized carbons (Fsp3) is 0.417. The third kappa shape index (κ3) is 1.30. The molecule has 0 aliphatic carbocycles. The molecule has 0 spiro atoms. The standard InChI is InChI=1S/C12H14N2O2/c1-8-10(4-7-16-8)14-6-3-9-2-5-13-12(15)11(9)14/h2-3,5-6,8,10H,4,7H2,1H3,(H,13,15). The smallest absolute Gasteiger partial charge is 0.272 e. The monoisotopic (exact) mass is 218 g/mol. The van der Waals surface area contributed by atoms with E-state index in [2.05, 4.69) is 11.9 Å². The third-order valence-electron chi connectivity index (χ3n) is 3.33. The van der Waals surface area contributed by atoms with Crippen molar-refractivity contribution in [3.63, 3.8) is 0 Å². The van der Waals surface area contributed by atoms with Crippen LogP contribution in [0.5, 0.6) is 0 Å². The van der Waals surface area contributed by atoms with E-state index in [9.17, 15) is 4.79 Å². The summed E-state index contributed by atoms with van der Waals surface area (Å²) >= 11 is 0. The van der Waals surface area contributed by atoms with Crippen molar-refractivity contribution < 1.29 is 4.74 Å². The summed E-state index contributed by atoms with van der Waals surface area (Å²) in [6.45, 7) is 2.83. The zero-order valence-corrected chi connectivity index (χ0v) is 9.14. The van der Waals surface area contributed by atoms with Crippen molar-refractivity contribution in [1.29, 1.82) is 0 Å². The van der Waals surface area contributed by atoms with Crippen LogP contribution < -0.4 is 5.56 Å². The molecule has 1 aliphatic rings. The second kappa shape index (κ2) is 3.49. The molecule has 4 heteroatoms. The first-order chi connectivity index (χ1) is 7.77. The minimum absolute atomic E-state index is 0.0263. The van der Waals surface area contributed by atoms with Crippen LogP contribution in [0.3, 0.4) is 0 Å². The molecular formula is C12H14N2O2. The summed E-state index contributed by atoms with van der Waals surface area (Å²) in [6.07, 6.45) is 4.81. The Kier molecular flexibility index (Phi) is 2.11. The van der Waals surface area contributed by atoms with Gasteiger partial charge in [-0.1, -0.05) is 0 Å². The van der Waals surface area contributed by atoms with E-state index in [-0.39, 0.29) is 17.7 Å². The van der Waals surface area contributed by atoms with Gasteiger partial charge in [-0.15, -0.1) is 0 Å². The lowest BCUT2D eigenvalue weighted by molar-refractivity contribution is 0.108. The van der Waals surface area contributed by atoms with Gasteiger partial charge in [0, 0.05) is 24.4 Å². The van der Waals surface area contributed by atoms with Crippen molar-refractivity contribution >= 4 is 10.9 Å². The molecule has 3 heterocycles. The Balaban J connectivity index is 2.20. The molecule has 2 unspecified atom stereocenters. The molecule has 1 N–H and O–H groups in total. The van der Waals surface area contributed by atoms with E-state index in [1.165, 1.54) is 0 Å².